The highest BCUT2D eigenvalue weighted by Crippen LogP contribution is 2.34. The third kappa shape index (κ3) is 4.18. The fourth-order valence-corrected chi connectivity index (χ4v) is 5.01. The van der Waals surface area contributed by atoms with Crippen LogP contribution in [0.1, 0.15) is 54.6 Å². The topological polar surface area (TPSA) is 49.9 Å². The summed E-state index contributed by atoms with van der Waals surface area (Å²) >= 11 is 1.48. The Hall–Kier alpha value is -1.24. The Morgan fingerprint density at radius 2 is 1.96 bits per heavy atom. The number of morpholine rings is 1. The maximum Gasteiger partial charge on any atom is 0.237 e. The molecule has 2 aliphatic carbocycles. The third-order valence-electron chi connectivity index (χ3n) is 5.85. The predicted octanol–water partition coefficient (Wildman–Crippen LogP) is 2.96. The molecule has 0 aromatic carbocycles. The molecule has 1 amide bonds. The average Bonchev–Trinajstić information content (AvgIpc) is 3.11. The van der Waals surface area contributed by atoms with Gasteiger partial charge >= 0.3 is 0 Å². The number of hydrogen-bond acceptors (Lipinski definition) is 5. The van der Waals surface area contributed by atoms with Crippen molar-refractivity contribution in [1.29, 1.82) is 0 Å². The Balaban J connectivity index is 1.39. The molecule has 0 unspecified atom stereocenters. The van der Waals surface area contributed by atoms with Gasteiger partial charge in [0.1, 0.15) is 0 Å². The number of thiophene rings is 1. The van der Waals surface area contributed by atoms with Gasteiger partial charge in [0.2, 0.25) is 5.91 Å². The highest BCUT2D eigenvalue weighted by Gasteiger charge is 2.39. The lowest BCUT2D eigenvalue weighted by Gasteiger charge is -2.37. The minimum atomic E-state index is 0.00642. The summed E-state index contributed by atoms with van der Waals surface area (Å²) in [6, 6.07) is 4.71. The van der Waals surface area contributed by atoms with E-state index in [0.717, 1.165) is 37.1 Å². The highest BCUT2D eigenvalue weighted by molar-refractivity contribution is 7.12. The summed E-state index contributed by atoms with van der Waals surface area (Å²) in [6.45, 7) is 2.34. The van der Waals surface area contributed by atoms with Crippen molar-refractivity contribution in [3.8, 4) is 0 Å². The van der Waals surface area contributed by atoms with Gasteiger partial charge in [-0.2, -0.15) is 0 Å². The van der Waals surface area contributed by atoms with E-state index in [1.165, 1.54) is 24.2 Å². The molecule has 5 nitrogen and oxygen atoms in total. The van der Waals surface area contributed by atoms with Crippen LogP contribution in [0.2, 0.25) is 0 Å². The molecule has 6 heteroatoms. The smallest absolute Gasteiger partial charge is 0.237 e. The lowest BCUT2D eigenvalue weighted by atomic mass is 10.1. The SMILES string of the molecule is O=C(C[C@@H]1COCCN1CC(=O)N(C1CCCC1)C1CC1)c1cccs1. The summed E-state index contributed by atoms with van der Waals surface area (Å²) in [5, 5.41) is 1.93. The molecule has 1 aromatic rings. The number of carbonyl (C=O) groups is 2. The van der Waals surface area contributed by atoms with E-state index in [2.05, 4.69) is 9.80 Å². The zero-order valence-corrected chi connectivity index (χ0v) is 16.1. The zero-order valence-electron chi connectivity index (χ0n) is 15.3. The summed E-state index contributed by atoms with van der Waals surface area (Å²) in [4.78, 5) is 30.8. The summed E-state index contributed by atoms with van der Waals surface area (Å²) in [5.74, 6) is 0.415. The largest absolute Gasteiger partial charge is 0.378 e. The van der Waals surface area contributed by atoms with E-state index in [0.29, 0.717) is 38.3 Å². The molecule has 4 rings (SSSR count). The van der Waals surface area contributed by atoms with E-state index in [-0.39, 0.29) is 17.7 Å². The second-order valence-electron chi connectivity index (χ2n) is 7.77. The van der Waals surface area contributed by atoms with Crippen molar-refractivity contribution in [2.24, 2.45) is 0 Å². The molecule has 142 valence electrons. The maximum absolute atomic E-state index is 13.1. The van der Waals surface area contributed by atoms with E-state index in [1.807, 2.05) is 17.5 Å². The zero-order chi connectivity index (χ0) is 17.9. The van der Waals surface area contributed by atoms with Crippen molar-refractivity contribution >= 4 is 23.0 Å². The predicted molar refractivity (Wildman–Crippen MR) is 102 cm³/mol. The molecular weight excluding hydrogens is 348 g/mol. The number of ketones is 1. The molecule has 3 fully saturated rings. The first-order chi connectivity index (χ1) is 12.7. The molecule has 1 aliphatic heterocycles. The molecule has 3 aliphatic rings. The summed E-state index contributed by atoms with van der Waals surface area (Å²) in [7, 11) is 0. The van der Waals surface area contributed by atoms with E-state index >= 15 is 0 Å². The first-order valence-electron chi connectivity index (χ1n) is 9.92. The number of amides is 1. The van der Waals surface area contributed by atoms with Gasteiger partial charge in [0.25, 0.3) is 0 Å². The number of ether oxygens (including phenoxy) is 1. The van der Waals surface area contributed by atoms with Gasteiger partial charge in [-0.1, -0.05) is 18.9 Å². The lowest BCUT2D eigenvalue weighted by molar-refractivity contribution is -0.137. The maximum atomic E-state index is 13.1. The van der Waals surface area contributed by atoms with Crippen LogP contribution in [0.3, 0.4) is 0 Å². The molecule has 1 saturated heterocycles. The standard InChI is InChI=1S/C20H28N2O3S/c23-18(19-6-3-11-26-19)12-17-14-25-10-9-21(17)13-20(24)22(16-7-8-16)15-4-1-2-5-15/h3,6,11,15-17H,1-2,4-5,7-10,12-14H2/t17-/m1/s1. The van der Waals surface area contributed by atoms with Crippen molar-refractivity contribution in [2.45, 2.75) is 63.1 Å². The van der Waals surface area contributed by atoms with Crippen molar-refractivity contribution in [3.05, 3.63) is 22.4 Å². The Morgan fingerprint density at radius 3 is 2.65 bits per heavy atom. The first-order valence-corrected chi connectivity index (χ1v) is 10.8. The summed E-state index contributed by atoms with van der Waals surface area (Å²) in [5.41, 5.74) is 0. The summed E-state index contributed by atoms with van der Waals surface area (Å²) < 4.78 is 5.62. The van der Waals surface area contributed by atoms with E-state index < -0.39 is 0 Å². The van der Waals surface area contributed by atoms with Crippen molar-refractivity contribution in [1.82, 2.24) is 9.80 Å². The van der Waals surface area contributed by atoms with Crippen LogP contribution >= 0.6 is 11.3 Å². The molecule has 0 bridgehead atoms. The minimum Gasteiger partial charge on any atom is -0.378 e. The van der Waals surface area contributed by atoms with Crippen molar-refractivity contribution in [2.75, 3.05) is 26.3 Å². The quantitative estimate of drug-likeness (QED) is 0.687. The van der Waals surface area contributed by atoms with Crippen LogP contribution in [-0.2, 0) is 9.53 Å². The number of Topliss-reactive ketones (excluding diaryl/α,β-unsaturated/α-hetero) is 1. The average molecular weight is 377 g/mol. The normalized spacial score (nSPS) is 24.7. The van der Waals surface area contributed by atoms with Gasteiger partial charge in [-0.05, 0) is 37.1 Å². The van der Waals surface area contributed by atoms with Crippen LogP contribution in [0.15, 0.2) is 17.5 Å². The van der Waals surface area contributed by atoms with E-state index in [4.69, 9.17) is 4.74 Å². The first kappa shape index (κ1) is 18.1. The minimum absolute atomic E-state index is 0.00642. The second kappa shape index (κ2) is 8.19. The van der Waals surface area contributed by atoms with Crippen molar-refractivity contribution < 1.29 is 14.3 Å². The molecule has 1 aromatic heterocycles. The van der Waals surface area contributed by atoms with Gasteiger partial charge in [0.05, 0.1) is 24.6 Å². The number of hydrogen-bond donors (Lipinski definition) is 0. The van der Waals surface area contributed by atoms with E-state index in [9.17, 15) is 9.59 Å². The molecule has 0 N–H and O–H groups in total. The van der Waals surface area contributed by atoms with Gasteiger partial charge < -0.3 is 9.64 Å². The van der Waals surface area contributed by atoms with Crippen LogP contribution in [0, 0.1) is 0 Å². The van der Waals surface area contributed by atoms with Crippen LogP contribution in [0.4, 0.5) is 0 Å². The Morgan fingerprint density at radius 1 is 1.19 bits per heavy atom. The number of carbonyl (C=O) groups excluding carboxylic acids is 2. The van der Waals surface area contributed by atoms with Gasteiger partial charge in [0.15, 0.2) is 5.78 Å². The van der Waals surface area contributed by atoms with Gasteiger partial charge in [0, 0.05) is 31.1 Å². The fraction of sp³-hybridized carbons (Fsp3) is 0.700. The highest BCUT2D eigenvalue weighted by atomic mass is 32.1. The Kier molecular flexibility index (Phi) is 5.72. The van der Waals surface area contributed by atoms with Crippen LogP contribution in [-0.4, -0.2) is 65.9 Å². The summed E-state index contributed by atoms with van der Waals surface area (Å²) in [6.07, 6.45) is 7.56. The van der Waals surface area contributed by atoms with Crippen LogP contribution in [0.5, 0.6) is 0 Å². The van der Waals surface area contributed by atoms with Gasteiger partial charge in [-0.15, -0.1) is 11.3 Å². The molecule has 0 radical (unpaired) electrons. The number of rotatable bonds is 7. The molecule has 1 atom stereocenters. The molecule has 0 spiro atoms. The lowest BCUT2D eigenvalue weighted by Crippen LogP contribution is -2.52. The number of nitrogens with zero attached hydrogens (tertiary/aromatic N) is 2. The molecular formula is C20H28N2O3S. The second-order valence-corrected chi connectivity index (χ2v) is 8.72. The third-order valence-corrected chi connectivity index (χ3v) is 6.76. The molecule has 26 heavy (non-hydrogen) atoms. The van der Waals surface area contributed by atoms with E-state index in [1.54, 1.807) is 0 Å². The van der Waals surface area contributed by atoms with Gasteiger partial charge in [-0.3, -0.25) is 14.5 Å². The Bertz CT molecular complexity index is 623. The van der Waals surface area contributed by atoms with Crippen molar-refractivity contribution in [3.63, 3.8) is 0 Å². The Labute approximate surface area is 159 Å². The molecule has 2 saturated carbocycles. The molecule has 2 heterocycles. The van der Waals surface area contributed by atoms with Gasteiger partial charge in [-0.25, -0.2) is 0 Å². The monoisotopic (exact) mass is 376 g/mol. The fourth-order valence-electron chi connectivity index (χ4n) is 4.33. The van der Waals surface area contributed by atoms with Crippen LogP contribution in [0.25, 0.3) is 0 Å². The van der Waals surface area contributed by atoms with Crippen LogP contribution < -0.4 is 0 Å².